The molecule has 0 saturated heterocycles. The number of ketones is 2. The third-order valence-corrected chi connectivity index (χ3v) is 4.32. The van der Waals surface area contributed by atoms with E-state index in [1.807, 2.05) is 6.92 Å². The quantitative estimate of drug-likeness (QED) is 0.238. The molecule has 0 aromatic rings. The normalized spacial score (nSPS) is 19.0. The smallest absolute Gasteiger partial charge is 0.438 e. The predicted molar refractivity (Wildman–Crippen MR) is 103 cm³/mol. The van der Waals surface area contributed by atoms with Gasteiger partial charge in [0.25, 0.3) is 0 Å². The van der Waals surface area contributed by atoms with E-state index in [1.165, 1.54) is 30.4 Å². The van der Waals surface area contributed by atoms with E-state index in [0.29, 0.717) is 11.1 Å². The number of carbonyl (C=O) groups excluding carboxylic acids is 3. The van der Waals surface area contributed by atoms with Gasteiger partial charge in [-0.25, -0.2) is 4.79 Å². The molecule has 146 valence electrons. The summed E-state index contributed by atoms with van der Waals surface area (Å²) in [6.45, 7) is 3.62. The summed E-state index contributed by atoms with van der Waals surface area (Å²) in [5.41, 5.74) is 0.352. The van der Waals surface area contributed by atoms with Gasteiger partial charge in [-0.1, -0.05) is 36.8 Å². The molecule has 7 nitrogen and oxygen atoms in total. The zero-order valence-corrected chi connectivity index (χ0v) is 15.6. The Morgan fingerprint density at radius 2 is 1.86 bits per heavy atom. The maximum Gasteiger partial charge on any atom is 0.438 e. The third-order valence-electron chi connectivity index (χ3n) is 4.32. The van der Waals surface area contributed by atoms with Gasteiger partial charge in [0, 0.05) is 12.5 Å². The van der Waals surface area contributed by atoms with Gasteiger partial charge in [0.1, 0.15) is 0 Å². The van der Waals surface area contributed by atoms with Crippen LogP contribution in [0.15, 0.2) is 70.6 Å². The molecule has 1 aliphatic carbocycles. The van der Waals surface area contributed by atoms with Crippen LogP contribution in [0.2, 0.25) is 0 Å². The molecule has 2 rings (SSSR count). The van der Waals surface area contributed by atoms with E-state index in [-0.39, 0.29) is 28.6 Å². The molecule has 1 atom stereocenters. The van der Waals surface area contributed by atoms with Crippen molar-refractivity contribution < 1.29 is 29.3 Å². The topological polar surface area (TPSA) is 118 Å². The minimum absolute atomic E-state index is 0.0232. The van der Waals surface area contributed by atoms with Crippen LogP contribution in [0.5, 0.6) is 0 Å². The van der Waals surface area contributed by atoms with E-state index in [4.69, 9.17) is 0 Å². The lowest BCUT2D eigenvalue weighted by Gasteiger charge is -2.14. The van der Waals surface area contributed by atoms with Crippen molar-refractivity contribution >= 4 is 23.7 Å². The van der Waals surface area contributed by atoms with E-state index >= 15 is 0 Å². The number of hydrogen-bond acceptors (Lipinski definition) is 6. The number of aliphatic hydroxyl groups is 2. The number of rotatable bonds is 6. The molecule has 0 bridgehead atoms. The van der Waals surface area contributed by atoms with Crippen molar-refractivity contribution in [2.45, 2.75) is 20.3 Å². The standard InChI is InChI=1S/C21H21NO6/c1-3-14(12-23)10-13(2)4-9-18(25)19-20(26)17(11-22(28)21(19)27)15-5-7-16(24)8-6-15/h4-11,14,23,26H,3,12H2,1-2H3/b9-4+,13-10+. The number of amides is 1. The Morgan fingerprint density at radius 3 is 2.43 bits per heavy atom. The molecular weight excluding hydrogens is 362 g/mol. The van der Waals surface area contributed by atoms with Gasteiger partial charge in [0.2, 0.25) is 0 Å². The highest BCUT2D eigenvalue weighted by atomic mass is 16.5. The lowest BCUT2D eigenvalue weighted by atomic mass is 9.95. The highest BCUT2D eigenvalue weighted by Gasteiger charge is 2.35. The van der Waals surface area contributed by atoms with Crippen LogP contribution in [0.3, 0.4) is 0 Å². The van der Waals surface area contributed by atoms with Gasteiger partial charge in [-0.15, -0.1) is 4.74 Å². The van der Waals surface area contributed by atoms with Gasteiger partial charge in [-0.2, -0.15) is 0 Å². The summed E-state index contributed by atoms with van der Waals surface area (Å²) >= 11 is 0. The lowest BCUT2D eigenvalue weighted by molar-refractivity contribution is -0.373. The van der Waals surface area contributed by atoms with Crippen LogP contribution in [0.4, 0.5) is 0 Å². The minimum Gasteiger partial charge on any atom is -0.616 e. The Morgan fingerprint density at radius 1 is 1.21 bits per heavy atom. The molecule has 2 N–H and O–H groups in total. The van der Waals surface area contributed by atoms with Crippen LogP contribution in [-0.4, -0.2) is 45.2 Å². The zero-order chi connectivity index (χ0) is 20.8. The first kappa shape index (κ1) is 21.0. The van der Waals surface area contributed by atoms with Crippen molar-refractivity contribution in [3.63, 3.8) is 0 Å². The van der Waals surface area contributed by atoms with Crippen molar-refractivity contribution in [3.05, 3.63) is 75.8 Å². The van der Waals surface area contributed by atoms with E-state index in [0.717, 1.165) is 18.7 Å². The fraction of sp³-hybridized carbons (Fsp3) is 0.238. The summed E-state index contributed by atoms with van der Waals surface area (Å²) in [6, 6.07) is 0. The van der Waals surface area contributed by atoms with Crippen molar-refractivity contribution in [1.29, 1.82) is 0 Å². The minimum atomic E-state index is -1.17. The highest BCUT2D eigenvalue weighted by molar-refractivity contribution is 6.24. The number of allylic oxidation sites excluding steroid dienone is 9. The monoisotopic (exact) mass is 383 g/mol. The SMILES string of the molecule is CCC(/C=C(C)/C=C/C(=O)C1=C(O)C(=C2C=CC(=O)C=C2)C=[N+]([O-])C1=O)CO. The van der Waals surface area contributed by atoms with Gasteiger partial charge in [0.05, 0.1) is 5.57 Å². The summed E-state index contributed by atoms with van der Waals surface area (Å²) in [7, 11) is 0. The van der Waals surface area contributed by atoms with Crippen LogP contribution >= 0.6 is 0 Å². The molecule has 0 aromatic heterocycles. The maximum absolute atomic E-state index is 12.5. The van der Waals surface area contributed by atoms with Gasteiger partial charge in [-0.3, -0.25) is 9.59 Å². The molecule has 1 heterocycles. The van der Waals surface area contributed by atoms with E-state index < -0.39 is 23.0 Å². The summed E-state index contributed by atoms with van der Waals surface area (Å²) in [4.78, 5) is 35.8. The molecular formula is C21H21NO6. The Bertz CT molecular complexity index is 903. The van der Waals surface area contributed by atoms with E-state index in [9.17, 15) is 29.8 Å². The highest BCUT2D eigenvalue weighted by Crippen LogP contribution is 2.24. The zero-order valence-electron chi connectivity index (χ0n) is 15.6. The molecule has 0 spiro atoms. The average molecular weight is 383 g/mol. The molecule has 0 aromatic carbocycles. The first-order valence-corrected chi connectivity index (χ1v) is 8.73. The van der Waals surface area contributed by atoms with Crippen molar-refractivity contribution in [1.82, 2.24) is 0 Å². The average Bonchev–Trinajstić information content (AvgIpc) is 2.68. The van der Waals surface area contributed by atoms with Gasteiger partial charge in [-0.05, 0) is 37.1 Å². The summed E-state index contributed by atoms with van der Waals surface area (Å²) in [5.74, 6) is -2.92. The molecule has 0 saturated carbocycles. The van der Waals surface area contributed by atoms with Gasteiger partial charge >= 0.3 is 5.91 Å². The van der Waals surface area contributed by atoms with Crippen molar-refractivity contribution in [2.24, 2.45) is 5.92 Å². The maximum atomic E-state index is 12.5. The van der Waals surface area contributed by atoms with Crippen LogP contribution in [0, 0.1) is 11.1 Å². The summed E-state index contributed by atoms with van der Waals surface area (Å²) in [5, 5.41) is 31.6. The Kier molecular flexibility index (Phi) is 6.79. The van der Waals surface area contributed by atoms with Crippen LogP contribution in [0.25, 0.3) is 0 Å². The number of hydrogen-bond donors (Lipinski definition) is 2. The molecule has 0 fully saturated rings. The third kappa shape index (κ3) is 4.69. The van der Waals surface area contributed by atoms with Gasteiger partial charge in [0.15, 0.2) is 29.1 Å². The molecule has 0 radical (unpaired) electrons. The molecule has 2 aliphatic rings. The summed E-state index contributed by atoms with van der Waals surface area (Å²) < 4.78 is -0.0250. The Balaban J connectivity index is 2.39. The van der Waals surface area contributed by atoms with Crippen LogP contribution < -0.4 is 0 Å². The molecule has 1 amide bonds. The molecule has 28 heavy (non-hydrogen) atoms. The van der Waals surface area contributed by atoms with Crippen LogP contribution in [0.1, 0.15) is 20.3 Å². The fourth-order valence-corrected chi connectivity index (χ4v) is 2.67. The second-order valence-electron chi connectivity index (χ2n) is 6.38. The molecule has 1 unspecified atom stereocenters. The van der Waals surface area contributed by atoms with Gasteiger partial charge < -0.3 is 15.4 Å². The molecule has 7 heteroatoms. The second-order valence-corrected chi connectivity index (χ2v) is 6.38. The first-order valence-electron chi connectivity index (χ1n) is 8.73. The number of nitrogens with zero attached hydrogens (tertiary/aromatic N) is 1. The lowest BCUT2D eigenvalue weighted by Crippen LogP contribution is -2.29. The Labute approximate surface area is 162 Å². The van der Waals surface area contributed by atoms with Crippen LogP contribution in [-0.2, 0) is 14.4 Å². The Hall–Kier alpha value is -3.32. The number of carbonyl (C=O) groups is 3. The second kappa shape index (κ2) is 9.05. The largest absolute Gasteiger partial charge is 0.616 e. The van der Waals surface area contributed by atoms with E-state index in [1.54, 1.807) is 13.0 Å². The van der Waals surface area contributed by atoms with Crippen molar-refractivity contribution in [3.8, 4) is 0 Å². The molecule has 1 aliphatic heterocycles. The number of aliphatic hydroxyl groups excluding tert-OH is 2. The number of hydroxylamine groups is 1. The fourth-order valence-electron chi connectivity index (χ4n) is 2.67. The predicted octanol–water partition coefficient (Wildman–Crippen LogP) is 2.00. The first-order chi connectivity index (χ1) is 13.3. The summed E-state index contributed by atoms with van der Waals surface area (Å²) in [6.07, 6.45) is 11.2. The van der Waals surface area contributed by atoms with E-state index in [2.05, 4.69) is 0 Å². The van der Waals surface area contributed by atoms with Crippen molar-refractivity contribution in [2.75, 3.05) is 6.61 Å².